The van der Waals surface area contributed by atoms with Gasteiger partial charge >= 0.3 is 5.97 Å². The topological polar surface area (TPSA) is 91.3 Å². The lowest BCUT2D eigenvalue weighted by molar-refractivity contribution is -0.141. The molecule has 29 heavy (non-hydrogen) atoms. The number of carboxylic acids is 1. The lowest BCUT2D eigenvalue weighted by Gasteiger charge is -2.14. The minimum Gasteiger partial charge on any atom is -0.480 e. The molecule has 1 amide bonds. The van der Waals surface area contributed by atoms with Crippen LogP contribution in [0.2, 0.25) is 0 Å². The predicted octanol–water partition coefficient (Wildman–Crippen LogP) is 4.44. The van der Waals surface area contributed by atoms with Gasteiger partial charge in [-0.05, 0) is 61.9 Å². The van der Waals surface area contributed by atoms with Gasteiger partial charge in [0, 0.05) is 11.3 Å². The SMILES string of the molecule is CCCCNC(CC(=O)Nc1ccc(-c2nc3ccc(C)cc3s2)cc1)C(=O)O. The van der Waals surface area contributed by atoms with Gasteiger partial charge in [0.25, 0.3) is 0 Å². The number of aryl methyl sites for hydroxylation is 1. The van der Waals surface area contributed by atoms with Crippen molar-refractivity contribution in [2.75, 3.05) is 11.9 Å². The number of anilines is 1. The first-order valence-electron chi connectivity index (χ1n) is 9.70. The highest BCUT2D eigenvalue weighted by Gasteiger charge is 2.20. The van der Waals surface area contributed by atoms with Crippen molar-refractivity contribution < 1.29 is 14.7 Å². The van der Waals surface area contributed by atoms with Crippen LogP contribution in [0.1, 0.15) is 31.7 Å². The quantitative estimate of drug-likeness (QED) is 0.453. The van der Waals surface area contributed by atoms with Crippen molar-refractivity contribution in [3.8, 4) is 10.6 Å². The largest absolute Gasteiger partial charge is 0.480 e. The molecule has 1 heterocycles. The third kappa shape index (κ3) is 5.62. The van der Waals surface area contributed by atoms with Crippen LogP contribution in [0.5, 0.6) is 0 Å². The monoisotopic (exact) mass is 411 g/mol. The highest BCUT2D eigenvalue weighted by molar-refractivity contribution is 7.21. The number of rotatable bonds is 9. The second-order valence-corrected chi connectivity index (χ2v) is 8.05. The third-order valence-corrected chi connectivity index (χ3v) is 5.64. The first-order chi connectivity index (χ1) is 14.0. The van der Waals surface area contributed by atoms with Gasteiger partial charge in [-0.2, -0.15) is 0 Å². The van der Waals surface area contributed by atoms with Crippen LogP contribution < -0.4 is 10.6 Å². The van der Waals surface area contributed by atoms with Crippen LogP contribution in [0.15, 0.2) is 42.5 Å². The molecule has 6 nitrogen and oxygen atoms in total. The fraction of sp³-hybridized carbons (Fsp3) is 0.318. The van der Waals surface area contributed by atoms with Crippen molar-refractivity contribution in [1.82, 2.24) is 10.3 Å². The average molecular weight is 412 g/mol. The molecular formula is C22H25N3O3S. The number of hydrogen-bond donors (Lipinski definition) is 3. The summed E-state index contributed by atoms with van der Waals surface area (Å²) in [5, 5.41) is 15.9. The maximum Gasteiger partial charge on any atom is 0.321 e. The number of nitrogens with one attached hydrogen (secondary N) is 2. The summed E-state index contributed by atoms with van der Waals surface area (Å²) in [4.78, 5) is 28.2. The minimum absolute atomic E-state index is 0.113. The van der Waals surface area contributed by atoms with Crippen LogP contribution in [0.4, 0.5) is 5.69 Å². The summed E-state index contributed by atoms with van der Waals surface area (Å²) in [6, 6.07) is 12.8. The Bertz CT molecular complexity index is 998. The highest BCUT2D eigenvalue weighted by atomic mass is 32.1. The van der Waals surface area contributed by atoms with E-state index in [2.05, 4.69) is 28.6 Å². The molecule has 1 unspecified atom stereocenters. The Kier molecular flexibility index (Phi) is 6.95. The molecule has 152 valence electrons. The fourth-order valence-corrected chi connectivity index (χ4v) is 4.02. The average Bonchev–Trinajstić information content (AvgIpc) is 3.11. The smallest absolute Gasteiger partial charge is 0.321 e. The van der Waals surface area contributed by atoms with Crippen molar-refractivity contribution in [1.29, 1.82) is 0 Å². The number of aliphatic carboxylic acids is 1. The summed E-state index contributed by atoms with van der Waals surface area (Å²) >= 11 is 1.63. The molecule has 3 aromatic rings. The van der Waals surface area contributed by atoms with E-state index in [-0.39, 0.29) is 12.3 Å². The van der Waals surface area contributed by atoms with E-state index in [9.17, 15) is 14.7 Å². The van der Waals surface area contributed by atoms with Crippen molar-refractivity contribution in [3.05, 3.63) is 48.0 Å². The molecule has 0 spiro atoms. The number of hydrogen-bond acceptors (Lipinski definition) is 5. The van der Waals surface area contributed by atoms with Crippen LogP contribution in [0, 0.1) is 6.92 Å². The molecule has 2 aromatic carbocycles. The number of carbonyl (C=O) groups is 2. The fourth-order valence-electron chi connectivity index (χ4n) is 2.95. The number of carbonyl (C=O) groups excluding carboxylic acids is 1. The molecule has 0 aliphatic heterocycles. The summed E-state index contributed by atoms with van der Waals surface area (Å²) in [6.07, 6.45) is 1.72. The third-order valence-electron chi connectivity index (χ3n) is 4.57. The van der Waals surface area contributed by atoms with Crippen molar-refractivity contribution in [2.45, 2.75) is 39.2 Å². The second kappa shape index (κ2) is 9.62. The van der Waals surface area contributed by atoms with Gasteiger partial charge in [0.2, 0.25) is 5.91 Å². The molecule has 0 saturated carbocycles. The Morgan fingerprint density at radius 2 is 1.93 bits per heavy atom. The molecule has 7 heteroatoms. The summed E-state index contributed by atoms with van der Waals surface area (Å²) in [5.41, 5.74) is 3.79. The molecule has 3 rings (SSSR count). The zero-order valence-electron chi connectivity index (χ0n) is 16.6. The zero-order valence-corrected chi connectivity index (χ0v) is 17.4. The van der Waals surface area contributed by atoms with Crippen LogP contribution in [0.25, 0.3) is 20.8 Å². The summed E-state index contributed by atoms with van der Waals surface area (Å²) in [5.74, 6) is -1.35. The highest BCUT2D eigenvalue weighted by Crippen LogP contribution is 2.31. The van der Waals surface area contributed by atoms with E-state index in [4.69, 9.17) is 0 Å². The Morgan fingerprint density at radius 1 is 1.17 bits per heavy atom. The minimum atomic E-state index is -1.02. The van der Waals surface area contributed by atoms with Crippen molar-refractivity contribution in [2.24, 2.45) is 0 Å². The summed E-state index contributed by atoms with van der Waals surface area (Å²) in [6.45, 7) is 4.67. The molecule has 0 saturated heterocycles. The number of unbranched alkanes of at least 4 members (excludes halogenated alkanes) is 1. The predicted molar refractivity (Wildman–Crippen MR) is 117 cm³/mol. The van der Waals surface area contributed by atoms with Crippen molar-refractivity contribution >= 4 is 39.1 Å². The van der Waals surface area contributed by atoms with Crippen LogP contribution in [-0.2, 0) is 9.59 Å². The van der Waals surface area contributed by atoms with Crippen molar-refractivity contribution in [3.63, 3.8) is 0 Å². The van der Waals surface area contributed by atoms with Gasteiger partial charge in [-0.3, -0.25) is 9.59 Å². The van der Waals surface area contributed by atoms with Gasteiger partial charge in [-0.1, -0.05) is 19.4 Å². The Labute approximate surface area is 174 Å². The van der Waals surface area contributed by atoms with Gasteiger partial charge in [-0.15, -0.1) is 11.3 Å². The maximum absolute atomic E-state index is 12.2. The van der Waals surface area contributed by atoms with E-state index in [1.54, 1.807) is 11.3 Å². The Balaban J connectivity index is 1.63. The number of fused-ring (bicyclic) bond motifs is 1. The number of nitrogens with zero attached hydrogens (tertiary/aromatic N) is 1. The Hall–Kier alpha value is -2.77. The summed E-state index contributed by atoms with van der Waals surface area (Å²) < 4.78 is 1.15. The molecule has 0 bridgehead atoms. The number of aromatic nitrogens is 1. The molecule has 3 N–H and O–H groups in total. The Morgan fingerprint density at radius 3 is 2.62 bits per heavy atom. The van der Waals surface area contributed by atoms with Crippen LogP contribution >= 0.6 is 11.3 Å². The zero-order chi connectivity index (χ0) is 20.8. The van der Waals surface area contributed by atoms with Crippen LogP contribution in [0.3, 0.4) is 0 Å². The van der Waals surface area contributed by atoms with E-state index in [0.717, 1.165) is 33.6 Å². The number of thiazole rings is 1. The molecule has 0 radical (unpaired) electrons. The van der Waals surface area contributed by atoms with E-state index in [1.807, 2.05) is 43.3 Å². The lowest BCUT2D eigenvalue weighted by atomic mass is 10.1. The molecule has 0 aliphatic rings. The molecular weight excluding hydrogens is 386 g/mol. The number of amides is 1. The van der Waals surface area contributed by atoms with Crippen LogP contribution in [-0.4, -0.2) is 34.6 Å². The molecule has 0 fully saturated rings. The van der Waals surface area contributed by atoms with E-state index in [0.29, 0.717) is 12.2 Å². The maximum atomic E-state index is 12.2. The standard InChI is InChI=1S/C22H25N3O3S/c1-3-4-11-23-18(22(27)28)13-20(26)24-16-8-6-15(7-9-16)21-25-17-10-5-14(2)12-19(17)29-21/h5-10,12,18,23H,3-4,11,13H2,1-2H3,(H,24,26)(H,27,28). The normalized spacial score (nSPS) is 12.1. The number of benzene rings is 2. The number of carboxylic acid groups (broad SMARTS) is 1. The van der Waals surface area contributed by atoms with E-state index < -0.39 is 12.0 Å². The van der Waals surface area contributed by atoms with E-state index in [1.165, 1.54) is 5.56 Å². The summed E-state index contributed by atoms with van der Waals surface area (Å²) in [7, 11) is 0. The van der Waals surface area contributed by atoms with Gasteiger partial charge in [0.05, 0.1) is 16.6 Å². The second-order valence-electron chi connectivity index (χ2n) is 7.02. The van der Waals surface area contributed by atoms with Gasteiger partial charge < -0.3 is 15.7 Å². The van der Waals surface area contributed by atoms with Gasteiger partial charge in [0.1, 0.15) is 11.0 Å². The van der Waals surface area contributed by atoms with E-state index >= 15 is 0 Å². The van der Waals surface area contributed by atoms with Gasteiger partial charge in [0.15, 0.2) is 0 Å². The lowest BCUT2D eigenvalue weighted by Crippen LogP contribution is -2.40. The first kappa shape index (κ1) is 21.0. The molecule has 1 aromatic heterocycles. The molecule has 1 atom stereocenters. The van der Waals surface area contributed by atoms with Gasteiger partial charge in [-0.25, -0.2) is 4.98 Å². The first-order valence-corrected chi connectivity index (χ1v) is 10.5. The molecule has 0 aliphatic carbocycles.